The van der Waals surface area contributed by atoms with Gasteiger partial charge in [-0.2, -0.15) is 0 Å². The molecule has 0 atom stereocenters. The van der Waals surface area contributed by atoms with E-state index >= 15 is 0 Å². The molecule has 0 spiro atoms. The molecule has 1 aromatic heterocycles. The molecule has 3 N–H and O–H groups in total. The van der Waals surface area contributed by atoms with Crippen LogP contribution in [-0.2, 0) is 11.3 Å². The van der Waals surface area contributed by atoms with Crippen LogP contribution in [0.3, 0.4) is 0 Å². The summed E-state index contributed by atoms with van der Waals surface area (Å²) in [5.74, 6) is -0.425. The number of nitrogens with one attached hydrogen (secondary N) is 1. The van der Waals surface area contributed by atoms with Crippen molar-refractivity contribution >= 4 is 56.4 Å². The molecule has 0 saturated heterocycles. The van der Waals surface area contributed by atoms with Crippen LogP contribution < -0.4 is 16.6 Å². The van der Waals surface area contributed by atoms with E-state index in [1.807, 2.05) is 0 Å². The molecule has 0 saturated carbocycles. The maximum Gasteiger partial charge on any atom is 0.265 e. The fraction of sp³-hybridized carbons (Fsp3) is 0.0769. The van der Waals surface area contributed by atoms with E-state index in [9.17, 15) is 9.59 Å². The molecule has 0 bridgehead atoms. The summed E-state index contributed by atoms with van der Waals surface area (Å²) in [5, 5.41) is 3.18. The number of pyridine rings is 1. The van der Waals surface area contributed by atoms with Gasteiger partial charge in [0.05, 0.1) is 20.9 Å². The number of carbonyl (C=O) groups is 1. The highest BCUT2D eigenvalue weighted by molar-refractivity contribution is 9.10. The second kappa shape index (κ2) is 6.51. The lowest BCUT2D eigenvalue weighted by molar-refractivity contribution is -0.116. The molecule has 0 unspecified atom stereocenters. The Morgan fingerprint density at radius 1 is 1.38 bits per heavy atom. The Bertz CT molecular complexity index is 738. The molecule has 1 heterocycles. The second-order valence-electron chi connectivity index (χ2n) is 4.19. The molecule has 0 aliphatic carbocycles. The van der Waals surface area contributed by atoms with Gasteiger partial charge in [-0.25, -0.2) is 0 Å². The first-order chi connectivity index (χ1) is 9.88. The molecule has 5 nitrogen and oxygen atoms in total. The third-order valence-electron chi connectivity index (χ3n) is 2.64. The maximum absolute atomic E-state index is 12.0. The van der Waals surface area contributed by atoms with Crippen LogP contribution in [-0.4, -0.2) is 10.5 Å². The van der Waals surface area contributed by atoms with Crippen LogP contribution in [0, 0.1) is 0 Å². The smallest absolute Gasteiger partial charge is 0.265 e. The number of rotatable bonds is 3. The summed E-state index contributed by atoms with van der Waals surface area (Å²) in [4.78, 5) is 23.8. The normalized spacial score (nSPS) is 10.4. The number of nitrogens with two attached hydrogens (primary N) is 1. The van der Waals surface area contributed by atoms with E-state index in [1.54, 1.807) is 12.1 Å². The van der Waals surface area contributed by atoms with Gasteiger partial charge in [0.15, 0.2) is 0 Å². The summed E-state index contributed by atoms with van der Waals surface area (Å²) in [6, 6.07) is 6.21. The van der Waals surface area contributed by atoms with Gasteiger partial charge in [-0.1, -0.05) is 23.2 Å². The van der Waals surface area contributed by atoms with Gasteiger partial charge in [-0.3, -0.25) is 9.59 Å². The van der Waals surface area contributed by atoms with E-state index in [-0.39, 0.29) is 28.5 Å². The summed E-state index contributed by atoms with van der Waals surface area (Å²) < 4.78 is 1.64. The van der Waals surface area contributed by atoms with Crippen LogP contribution in [0.5, 0.6) is 0 Å². The molecule has 21 heavy (non-hydrogen) atoms. The van der Waals surface area contributed by atoms with Gasteiger partial charge in [0.1, 0.15) is 6.54 Å². The Morgan fingerprint density at radius 3 is 2.76 bits per heavy atom. The van der Waals surface area contributed by atoms with Gasteiger partial charge in [-0.05, 0) is 40.2 Å². The van der Waals surface area contributed by atoms with Gasteiger partial charge >= 0.3 is 0 Å². The van der Waals surface area contributed by atoms with Crippen LogP contribution in [0.1, 0.15) is 0 Å². The fourth-order valence-electron chi connectivity index (χ4n) is 1.69. The number of benzene rings is 1. The van der Waals surface area contributed by atoms with Crippen molar-refractivity contribution in [1.29, 1.82) is 0 Å². The predicted octanol–water partition coefficient (Wildman–Crippen LogP) is 3.14. The summed E-state index contributed by atoms with van der Waals surface area (Å²) >= 11 is 14.9. The lowest BCUT2D eigenvalue weighted by atomic mass is 10.2. The van der Waals surface area contributed by atoms with Crippen molar-refractivity contribution in [3.05, 3.63) is 55.3 Å². The quantitative estimate of drug-likeness (QED) is 0.790. The van der Waals surface area contributed by atoms with Crippen molar-refractivity contribution in [2.75, 3.05) is 11.1 Å². The summed E-state index contributed by atoms with van der Waals surface area (Å²) in [5.41, 5.74) is 5.98. The molecule has 110 valence electrons. The average molecular weight is 391 g/mol. The minimum Gasteiger partial charge on any atom is -0.397 e. The van der Waals surface area contributed by atoms with Gasteiger partial charge in [0, 0.05) is 11.2 Å². The van der Waals surface area contributed by atoms with Crippen molar-refractivity contribution in [2.24, 2.45) is 0 Å². The molecule has 2 aromatic rings. The Hall–Kier alpha value is -1.50. The van der Waals surface area contributed by atoms with E-state index in [4.69, 9.17) is 28.9 Å². The molecular weight excluding hydrogens is 381 g/mol. The number of carbonyl (C=O) groups excluding carboxylic acids is 1. The lowest BCUT2D eigenvalue weighted by Crippen LogP contribution is -2.27. The highest BCUT2D eigenvalue weighted by Gasteiger charge is 2.12. The molecular formula is C13H10BrCl2N3O2. The van der Waals surface area contributed by atoms with Gasteiger partial charge in [0.2, 0.25) is 5.91 Å². The van der Waals surface area contributed by atoms with Gasteiger partial charge in [-0.15, -0.1) is 0 Å². The predicted molar refractivity (Wildman–Crippen MR) is 87.9 cm³/mol. The van der Waals surface area contributed by atoms with Crippen LogP contribution in [0.4, 0.5) is 11.4 Å². The van der Waals surface area contributed by atoms with Crippen LogP contribution in [0.2, 0.25) is 10.0 Å². The Kier molecular flexibility index (Phi) is 4.92. The standard InChI is InChI=1S/C13H10BrCl2N3O2/c14-8-2-1-3-19(13(8)21)6-11(20)18-12-9(16)4-7(15)5-10(12)17/h1-5H,6,17H2,(H,18,20). The first-order valence-corrected chi connectivity index (χ1v) is 7.32. The number of nitrogen functional groups attached to an aromatic ring is 1. The third-order valence-corrected chi connectivity index (χ3v) is 3.76. The van der Waals surface area contributed by atoms with Gasteiger partial charge in [0.25, 0.3) is 5.56 Å². The van der Waals surface area contributed by atoms with Crippen molar-refractivity contribution in [3.63, 3.8) is 0 Å². The second-order valence-corrected chi connectivity index (χ2v) is 5.89. The minimum absolute atomic E-state index is 0.156. The Labute approximate surface area is 138 Å². The molecule has 2 rings (SSSR count). The van der Waals surface area contributed by atoms with Crippen molar-refractivity contribution in [1.82, 2.24) is 4.57 Å². The molecule has 8 heteroatoms. The van der Waals surface area contributed by atoms with Crippen molar-refractivity contribution in [3.8, 4) is 0 Å². The number of anilines is 2. The first-order valence-electron chi connectivity index (χ1n) is 5.78. The first kappa shape index (κ1) is 15.9. The number of nitrogens with zero attached hydrogens (tertiary/aromatic N) is 1. The molecule has 1 amide bonds. The number of aromatic nitrogens is 1. The maximum atomic E-state index is 12.0. The lowest BCUT2D eigenvalue weighted by Gasteiger charge is -2.11. The number of halogens is 3. The largest absolute Gasteiger partial charge is 0.397 e. The summed E-state index contributed by atoms with van der Waals surface area (Å²) in [7, 11) is 0. The average Bonchev–Trinajstić information content (AvgIpc) is 2.39. The number of hydrogen-bond donors (Lipinski definition) is 2. The zero-order valence-electron chi connectivity index (χ0n) is 10.6. The van der Waals surface area contributed by atoms with Crippen molar-refractivity contribution in [2.45, 2.75) is 6.54 Å². The summed E-state index contributed by atoms with van der Waals surface area (Å²) in [6.07, 6.45) is 1.51. The van der Waals surface area contributed by atoms with Crippen LogP contribution in [0.15, 0.2) is 39.7 Å². The Morgan fingerprint density at radius 2 is 2.10 bits per heavy atom. The van der Waals surface area contributed by atoms with Crippen LogP contribution in [0.25, 0.3) is 0 Å². The highest BCUT2D eigenvalue weighted by Crippen LogP contribution is 2.31. The van der Waals surface area contributed by atoms with E-state index in [2.05, 4.69) is 21.2 Å². The highest BCUT2D eigenvalue weighted by atomic mass is 79.9. The van der Waals surface area contributed by atoms with E-state index in [0.717, 1.165) is 0 Å². The van der Waals surface area contributed by atoms with Gasteiger partial charge < -0.3 is 15.6 Å². The molecule has 0 fully saturated rings. The zero-order chi connectivity index (χ0) is 15.6. The van der Waals surface area contributed by atoms with E-state index < -0.39 is 5.91 Å². The SMILES string of the molecule is Nc1cc(Cl)cc(Cl)c1NC(=O)Cn1cccc(Br)c1=O. The Balaban J connectivity index is 2.20. The molecule has 1 aromatic carbocycles. The number of hydrogen-bond acceptors (Lipinski definition) is 3. The summed E-state index contributed by atoms with van der Waals surface area (Å²) in [6.45, 7) is -0.156. The van der Waals surface area contributed by atoms with E-state index in [0.29, 0.717) is 9.50 Å². The minimum atomic E-state index is -0.425. The van der Waals surface area contributed by atoms with Crippen molar-refractivity contribution < 1.29 is 4.79 Å². The molecule has 0 aliphatic rings. The van der Waals surface area contributed by atoms with E-state index in [1.165, 1.54) is 22.9 Å². The fourth-order valence-corrected chi connectivity index (χ4v) is 2.63. The monoisotopic (exact) mass is 389 g/mol. The topological polar surface area (TPSA) is 77.1 Å². The molecule has 0 aliphatic heterocycles. The molecule has 0 radical (unpaired) electrons. The third kappa shape index (κ3) is 3.78. The zero-order valence-corrected chi connectivity index (χ0v) is 13.7. The number of amides is 1. The van der Waals surface area contributed by atoms with Crippen LogP contribution >= 0.6 is 39.1 Å².